The molecule has 0 amide bonds. The predicted molar refractivity (Wildman–Crippen MR) is 109 cm³/mol. The summed E-state index contributed by atoms with van der Waals surface area (Å²) in [7, 11) is 0. The third kappa shape index (κ3) is 4.11. The largest absolute Gasteiger partial charge is 0.354 e. The van der Waals surface area contributed by atoms with Gasteiger partial charge in [-0.25, -0.2) is 15.0 Å². The Kier molecular flexibility index (Phi) is 5.45. The second kappa shape index (κ2) is 8.33. The molecule has 0 aliphatic heterocycles. The highest BCUT2D eigenvalue weighted by Crippen LogP contribution is 2.34. The molecule has 0 saturated heterocycles. The fourth-order valence-corrected chi connectivity index (χ4v) is 3.20. The normalized spacial score (nSPS) is 10.8. The van der Waals surface area contributed by atoms with Gasteiger partial charge in [0, 0.05) is 60.7 Å². The van der Waals surface area contributed by atoms with Crippen molar-refractivity contribution in [2.24, 2.45) is 0 Å². The molecule has 9 heteroatoms. The first-order chi connectivity index (χ1) is 13.7. The van der Waals surface area contributed by atoms with Crippen molar-refractivity contribution in [1.82, 2.24) is 29.9 Å². The fourth-order valence-electron chi connectivity index (χ4n) is 2.70. The van der Waals surface area contributed by atoms with Crippen LogP contribution < -0.4 is 5.32 Å². The Hall–Kier alpha value is -3.03. The molecular weight excluding hydrogens is 397 g/mol. The van der Waals surface area contributed by atoms with Gasteiger partial charge < -0.3 is 10.3 Å². The third-order valence-electron chi connectivity index (χ3n) is 4.01. The van der Waals surface area contributed by atoms with Crippen LogP contribution >= 0.6 is 23.2 Å². The van der Waals surface area contributed by atoms with Gasteiger partial charge in [-0.05, 0) is 18.2 Å². The number of H-pyrrole nitrogens is 1. The Balaban J connectivity index is 1.64. The maximum absolute atomic E-state index is 6.42. The van der Waals surface area contributed by atoms with Crippen LogP contribution in [-0.2, 0) is 6.42 Å². The van der Waals surface area contributed by atoms with Gasteiger partial charge in [-0.15, -0.1) is 0 Å². The summed E-state index contributed by atoms with van der Waals surface area (Å²) >= 11 is 12.5. The Morgan fingerprint density at radius 3 is 2.64 bits per heavy atom. The molecule has 0 aliphatic carbocycles. The smallest absolute Gasteiger partial charge is 0.223 e. The van der Waals surface area contributed by atoms with Crippen LogP contribution in [-0.4, -0.2) is 36.4 Å². The zero-order valence-electron chi connectivity index (χ0n) is 14.6. The molecule has 0 aliphatic rings. The minimum Gasteiger partial charge on any atom is -0.354 e. The van der Waals surface area contributed by atoms with Gasteiger partial charge in [-0.1, -0.05) is 23.2 Å². The monoisotopic (exact) mass is 411 g/mol. The minimum atomic E-state index is 0.486. The third-order valence-corrected chi connectivity index (χ3v) is 4.56. The van der Waals surface area contributed by atoms with E-state index in [1.807, 2.05) is 6.07 Å². The van der Waals surface area contributed by atoms with Crippen LogP contribution in [0.4, 0.5) is 5.95 Å². The molecule has 4 aromatic rings. The van der Waals surface area contributed by atoms with Crippen molar-refractivity contribution < 1.29 is 0 Å². The molecule has 0 spiro atoms. The molecule has 140 valence electrons. The summed E-state index contributed by atoms with van der Waals surface area (Å²) in [5.41, 5.74) is 3.04. The molecule has 2 N–H and O–H groups in total. The molecule has 3 aromatic heterocycles. The van der Waals surface area contributed by atoms with Gasteiger partial charge in [0.05, 0.1) is 22.0 Å². The molecule has 3 heterocycles. The molecule has 0 bridgehead atoms. The number of imidazole rings is 1. The van der Waals surface area contributed by atoms with Gasteiger partial charge in [0.15, 0.2) is 0 Å². The molecule has 4 rings (SSSR count). The van der Waals surface area contributed by atoms with Crippen molar-refractivity contribution in [3.8, 4) is 22.6 Å². The number of aromatic nitrogens is 6. The maximum atomic E-state index is 6.42. The van der Waals surface area contributed by atoms with Gasteiger partial charge >= 0.3 is 0 Å². The SMILES string of the molecule is Clc1ccc(-c2nc(NCCc3cnccn3)ncc2-c2ncc[nH]2)c(Cl)c1. The van der Waals surface area contributed by atoms with Crippen molar-refractivity contribution in [2.75, 3.05) is 11.9 Å². The van der Waals surface area contributed by atoms with Crippen LogP contribution in [0.15, 0.2) is 55.4 Å². The van der Waals surface area contributed by atoms with E-state index in [1.54, 1.807) is 49.3 Å². The van der Waals surface area contributed by atoms with E-state index in [1.165, 1.54) is 0 Å². The second-order valence-corrected chi connectivity index (χ2v) is 6.74. The lowest BCUT2D eigenvalue weighted by Crippen LogP contribution is -2.10. The number of nitrogens with one attached hydrogen (secondary N) is 2. The number of rotatable bonds is 6. The highest BCUT2D eigenvalue weighted by molar-refractivity contribution is 6.36. The first-order valence-electron chi connectivity index (χ1n) is 8.51. The van der Waals surface area contributed by atoms with Crippen molar-refractivity contribution in [3.05, 3.63) is 71.1 Å². The summed E-state index contributed by atoms with van der Waals surface area (Å²) in [5.74, 6) is 1.15. The van der Waals surface area contributed by atoms with E-state index in [0.717, 1.165) is 16.8 Å². The Labute approximate surface area is 171 Å². The predicted octanol–water partition coefficient (Wildman–Crippen LogP) is 4.29. The summed E-state index contributed by atoms with van der Waals surface area (Å²) < 4.78 is 0. The number of anilines is 1. The van der Waals surface area contributed by atoms with Crippen LogP contribution in [0.3, 0.4) is 0 Å². The van der Waals surface area contributed by atoms with Gasteiger partial charge in [0.2, 0.25) is 5.95 Å². The molecule has 7 nitrogen and oxygen atoms in total. The topological polar surface area (TPSA) is 92.3 Å². The van der Waals surface area contributed by atoms with Crippen LogP contribution in [0.1, 0.15) is 5.69 Å². The summed E-state index contributed by atoms with van der Waals surface area (Å²) in [6, 6.07) is 5.30. The lowest BCUT2D eigenvalue weighted by molar-refractivity contribution is 0.925. The van der Waals surface area contributed by atoms with E-state index in [-0.39, 0.29) is 0 Å². The lowest BCUT2D eigenvalue weighted by atomic mass is 10.1. The molecule has 1 aromatic carbocycles. The van der Waals surface area contributed by atoms with Gasteiger partial charge in [-0.3, -0.25) is 9.97 Å². The summed E-state index contributed by atoms with van der Waals surface area (Å²) in [5, 5.41) is 4.28. The molecule has 0 atom stereocenters. The number of hydrogen-bond donors (Lipinski definition) is 2. The van der Waals surface area contributed by atoms with Gasteiger partial charge in [0.1, 0.15) is 5.82 Å². The van der Waals surface area contributed by atoms with Gasteiger partial charge in [-0.2, -0.15) is 0 Å². The number of aromatic amines is 1. The molecular formula is C19H15Cl2N7. The zero-order chi connectivity index (χ0) is 19.3. The average molecular weight is 412 g/mol. The van der Waals surface area contributed by atoms with E-state index >= 15 is 0 Å². The summed E-state index contributed by atoms with van der Waals surface area (Å²) in [6.07, 6.45) is 10.9. The number of halogens is 2. The fraction of sp³-hybridized carbons (Fsp3) is 0.105. The molecule has 28 heavy (non-hydrogen) atoms. The maximum Gasteiger partial charge on any atom is 0.223 e. The quantitative estimate of drug-likeness (QED) is 0.491. The van der Waals surface area contributed by atoms with Crippen molar-refractivity contribution in [3.63, 3.8) is 0 Å². The first kappa shape index (κ1) is 18.3. The second-order valence-electron chi connectivity index (χ2n) is 5.89. The lowest BCUT2D eigenvalue weighted by Gasteiger charge is -2.11. The average Bonchev–Trinajstić information content (AvgIpc) is 3.23. The highest BCUT2D eigenvalue weighted by atomic mass is 35.5. The minimum absolute atomic E-state index is 0.486. The van der Waals surface area contributed by atoms with E-state index in [2.05, 4.69) is 35.2 Å². The first-order valence-corrected chi connectivity index (χ1v) is 9.27. The number of hydrogen-bond acceptors (Lipinski definition) is 6. The van der Waals surface area contributed by atoms with Crippen LogP contribution in [0, 0.1) is 0 Å². The number of benzene rings is 1. The zero-order valence-corrected chi connectivity index (χ0v) is 16.1. The standard InChI is InChI=1S/C19H15Cl2N7/c20-12-1-2-14(16(21)9-12)17-15(18-24-7-8-25-18)11-27-19(28-17)26-4-3-13-10-22-5-6-23-13/h1-2,5-11H,3-4H2,(H,24,25)(H,26,27,28). The van der Waals surface area contributed by atoms with E-state index in [0.29, 0.717) is 40.5 Å². The Morgan fingerprint density at radius 1 is 0.964 bits per heavy atom. The highest BCUT2D eigenvalue weighted by Gasteiger charge is 2.16. The van der Waals surface area contributed by atoms with Crippen molar-refractivity contribution >= 4 is 29.2 Å². The molecule has 0 fully saturated rings. The Bertz CT molecular complexity index is 1070. The number of nitrogens with zero attached hydrogens (tertiary/aromatic N) is 5. The summed E-state index contributed by atoms with van der Waals surface area (Å²) in [4.78, 5) is 24.8. The van der Waals surface area contributed by atoms with Crippen molar-refractivity contribution in [2.45, 2.75) is 6.42 Å². The van der Waals surface area contributed by atoms with E-state index < -0.39 is 0 Å². The van der Waals surface area contributed by atoms with Gasteiger partial charge in [0.25, 0.3) is 0 Å². The molecule has 0 unspecified atom stereocenters. The summed E-state index contributed by atoms with van der Waals surface area (Å²) in [6.45, 7) is 0.618. The van der Waals surface area contributed by atoms with Crippen LogP contribution in [0.2, 0.25) is 10.0 Å². The molecule has 0 saturated carbocycles. The Morgan fingerprint density at radius 2 is 1.89 bits per heavy atom. The van der Waals surface area contributed by atoms with E-state index in [4.69, 9.17) is 23.2 Å². The van der Waals surface area contributed by atoms with Crippen LogP contribution in [0.25, 0.3) is 22.6 Å². The van der Waals surface area contributed by atoms with Crippen LogP contribution in [0.5, 0.6) is 0 Å². The molecule has 0 radical (unpaired) electrons. The van der Waals surface area contributed by atoms with Crippen molar-refractivity contribution in [1.29, 1.82) is 0 Å². The van der Waals surface area contributed by atoms with E-state index in [9.17, 15) is 0 Å².